The zero-order chi connectivity index (χ0) is 18.1. The maximum absolute atomic E-state index is 12.6. The smallest absolute Gasteiger partial charge is 0.282 e. The number of nitrogens with zero attached hydrogens (tertiary/aromatic N) is 2. The van der Waals surface area contributed by atoms with Gasteiger partial charge in [-0.3, -0.25) is 15.0 Å². The van der Waals surface area contributed by atoms with E-state index in [0.29, 0.717) is 5.69 Å². The lowest BCUT2D eigenvalue weighted by Crippen LogP contribution is -2.35. The highest BCUT2D eigenvalue weighted by Crippen LogP contribution is 2.28. The van der Waals surface area contributed by atoms with Crippen LogP contribution in [0.2, 0.25) is 0 Å². The summed E-state index contributed by atoms with van der Waals surface area (Å²) in [6, 6.07) is 13.1. The summed E-state index contributed by atoms with van der Waals surface area (Å²) >= 11 is 3.52. The van der Waals surface area contributed by atoms with Gasteiger partial charge in [-0.1, -0.05) is 23.8 Å². The Hall–Kier alpha value is -2.60. The highest BCUT2D eigenvalue weighted by molar-refractivity contribution is 9.10. The summed E-state index contributed by atoms with van der Waals surface area (Å²) in [6.45, 7) is 1.97. The number of benzene rings is 2. The minimum Gasteiger partial charge on any atom is -0.377 e. The first-order chi connectivity index (χ1) is 11.9. The van der Waals surface area contributed by atoms with E-state index in [1.165, 1.54) is 5.01 Å². The predicted octanol–water partition coefficient (Wildman–Crippen LogP) is 3.28. The third kappa shape index (κ3) is 3.44. The van der Waals surface area contributed by atoms with Gasteiger partial charge in [0.15, 0.2) is 0 Å². The monoisotopic (exact) mass is 399 g/mol. The van der Waals surface area contributed by atoms with E-state index in [4.69, 9.17) is 0 Å². The number of carbonyl (C=O) groups is 2. The van der Waals surface area contributed by atoms with Crippen LogP contribution in [0.5, 0.6) is 0 Å². The van der Waals surface area contributed by atoms with Gasteiger partial charge in [0.2, 0.25) is 0 Å². The molecule has 1 aliphatic rings. The normalized spacial score (nSPS) is 15.7. The average Bonchev–Trinajstić information content (AvgIpc) is 2.83. The number of rotatable bonds is 3. The molecule has 6 heteroatoms. The first kappa shape index (κ1) is 17.2. The molecule has 1 heterocycles. The number of nitrogens with one attached hydrogen (secondary N) is 1. The third-order valence-electron chi connectivity index (χ3n) is 3.95. The number of aryl methyl sites for hydroxylation is 1. The lowest BCUT2D eigenvalue weighted by atomic mass is 10.1. The van der Waals surface area contributed by atoms with Gasteiger partial charge in [-0.15, -0.1) is 0 Å². The first-order valence-electron chi connectivity index (χ1n) is 7.77. The van der Waals surface area contributed by atoms with E-state index in [9.17, 15) is 9.59 Å². The standard InChI is InChI=1S/C19H18BrN3O2/c1-12-4-7-14(8-5-12)23-19(25)15(18(24)21-23)10-13-6-9-17(22(2)3)16(20)11-13/h4-11H,1-3H3,(H,21,24). The Morgan fingerprint density at radius 1 is 1.08 bits per heavy atom. The van der Waals surface area contributed by atoms with Crippen molar-refractivity contribution >= 4 is 45.2 Å². The van der Waals surface area contributed by atoms with E-state index in [-0.39, 0.29) is 11.5 Å². The molecule has 0 aliphatic carbocycles. The second kappa shape index (κ2) is 6.72. The van der Waals surface area contributed by atoms with Gasteiger partial charge in [0.1, 0.15) is 5.57 Å². The molecule has 1 aliphatic heterocycles. The van der Waals surface area contributed by atoms with Crippen LogP contribution in [0.1, 0.15) is 11.1 Å². The maximum atomic E-state index is 12.6. The van der Waals surface area contributed by atoms with Crippen LogP contribution in [-0.2, 0) is 9.59 Å². The van der Waals surface area contributed by atoms with Crippen LogP contribution in [0.25, 0.3) is 6.08 Å². The molecular formula is C19H18BrN3O2. The lowest BCUT2D eigenvalue weighted by Gasteiger charge is -2.15. The minimum absolute atomic E-state index is 0.116. The van der Waals surface area contributed by atoms with Crippen LogP contribution in [0.4, 0.5) is 11.4 Å². The number of carbonyl (C=O) groups excluding carboxylic acids is 2. The number of hydrogen-bond acceptors (Lipinski definition) is 3. The van der Waals surface area contributed by atoms with Crippen LogP contribution in [0, 0.1) is 6.92 Å². The number of halogens is 1. The van der Waals surface area contributed by atoms with Gasteiger partial charge >= 0.3 is 0 Å². The van der Waals surface area contributed by atoms with Crippen molar-refractivity contribution in [3.63, 3.8) is 0 Å². The molecule has 0 bridgehead atoms. The Balaban J connectivity index is 1.91. The molecule has 0 radical (unpaired) electrons. The van der Waals surface area contributed by atoms with E-state index in [1.54, 1.807) is 18.2 Å². The topological polar surface area (TPSA) is 52.7 Å². The molecule has 2 amide bonds. The fourth-order valence-corrected chi connectivity index (χ4v) is 3.33. The number of hydrogen-bond donors (Lipinski definition) is 1. The number of anilines is 2. The minimum atomic E-state index is -0.404. The Morgan fingerprint density at radius 3 is 2.36 bits per heavy atom. The molecule has 1 fully saturated rings. The molecule has 2 aromatic carbocycles. The van der Waals surface area contributed by atoms with Crippen molar-refractivity contribution in [3.8, 4) is 0 Å². The molecular weight excluding hydrogens is 382 g/mol. The van der Waals surface area contributed by atoms with Crippen molar-refractivity contribution in [2.45, 2.75) is 6.92 Å². The summed E-state index contributed by atoms with van der Waals surface area (Å²) in [5.74, 6) is -0.764. The zero-order valence-electron chi connectivity index (χ0n) is 14.2. The molecule has 3 rings (SSSR count). The predicted molar refractivity (Wildman–Crippen MR) is 103 cm³/mol. The Bertz CT molecular complexity index is 873. The Labute approximate surface area is 155 Å². The van der Waals surface area contributed by atoms with Crippen molar-refractivity contribution < 1.29 is 9.59 Å². The van der Waals surface area contributed by atoms with Crippen molar-refractivity contribution in [2.75, 3.05) is 24.0 Å². The van der Waals surface area contributed by atoms with E-state index in [1.807, 2.05) is 56.3 Å². The van der Waals surface area contributed by atoms with Crippen molar-refractivity contribution in [1.82, 2.24) is 5.43 Å². The van der Waals surface area contributed by atoms with Gasteiger partial charge in [0.25, 0.3) is 11.8 Å². The van der Waals surface area contributed by atoms with Gasteiger partial charge in [0, 0.05) is 18.6 Å². The summed E-state index contributed by atoms with van der Waals surface area (Å²) in [7, 11) is 3.90. The van der Waals surface area contributed by atoms with Crippen LogP contribution in [0.15, 0.2) is 52.5 Å². The fourth-order valence-electron chi connectivity index (χ4n) is 2.58. The summed E-state index contributed by atoms with van der Waals surface area (Å²) in [6.07, 6.45) is 1.61. The molecule has 25 heavy (non-hydrogen) atoms. The molecule has 0 atom stereocenters. The second-order valence-corrected chi connectivity index (χ2v) is 6.93. The molecule has 1 N–H and O–H groups in total. The Morgan fingerprint density at radius 2 is 1.76 bits per heavy atom. The fraction of sp³-hybridized carbons (Fsp3) is 0.158. The van der Waals surface area contributed by atoms with Gasteiger partial charge in [-0.25, -0.2) is 5.01 Å². The molecule has 5 nitrogen and oxygen atoms in total. The largest absolute Gasteiger partial charge is 0.377 e. The summed E-state index contributed by atoms with van der Waals surface area (Å²) < 4.78 is 0.896. The molecule has 1 saturated heterocycles. The number of amides is 2. The molecule has 0 spiro atoms. The Kier molecular flexibility index (Phi) is 4.63. The van der Waals surface area contributed by atoms with Crippen LogP contribution in [-0.4, -0.2) is 25.9 Å². The first-order valence-corrected chi connectivity index (χ1v) is 8.57. The maximum Gasteiger partial charge on any atom is 0.282 e. The van der Waals surface area contributed by atoms with E-state index in [2.05, 4.69) is 21.4 Å². The molecule has 128 valence electrons. The quantitative estimate of drug-likeness (QED) is 0.636. The van der Waals surface area contributed by atoms with E-state index < -0.39 is 5.91 Å². The third-order valence-corrected chi connectivity index (χ3v) is 4.58. The van der Waals surface area contributed by atoms with E-state index in [0.717, 1.165) is 21.3 Å². The average molecular weight is 400 g/mol. The van der Waals surface area contributed by atoms with Gasteiger partial charge in [-0.2, -0.15) is 0 Å². The van der Waals surface area contributed by atoms with Gasteiger partial charge in [-0.05, 0) is 58.8 Å². The highest BCUT2D eigenvalue weighted by atomic mass is 79.9. The lowest BCUT2D eigenvalue weighted by molar-refractivity contribution is -0.117. The van der Waals surface area contributed by atoms with Crippen LogP contribution < -0.4 is 15.3 Å². The SMILES string of the molecule is Cc1ccc(N2NC(=O)C(=Cc3ccc(N(C)C)c(Br)c3)C2=O)cc1. The van der Waals surface area contributed by atoms with Crippen molar-refractivity contribution in [1.29, 1.82) is 0 Å². The second-order valence-electron chi connectivity index (χ2n) is 6.08. The summed E-state index contributed by atoms with van der Waals surface area (Å²) in [5.41, 5.74) is 6.25. The van der Waals surface area contributed by atoms with Gasteiger partial charge in [0.05, 0.1) is 11.4 Å². The zero-order valence-corrected chi connectivity index (χ0v) is 15.8. The number of hydrazine groups is 1. The molecule has 2 aromatic rings. The summed E-state index contributed by atoms with van der Waals surface area (Å²) in [4.78, 5) is 26.8. The van der Waals surface area contributed by atoms with Crippen LogP contribution >= 0.6 is 15.9 Å². The molecule has 0 saturated carbocycles. The van der Waals surface area contributed by atoms with Crippen LogP contribution in [0.3, 0.4) is 0 Å². The van der Waals surface area contributed by atoms with Crippen molar-refractivity contribution in [3.05, 3.63) is 63.6 Å². The highest BCUT2D eigenvalue weighted by Gasteiger charge is 2.34. The van der Waals surface area contributed by atoms with Crippen molar-refractivity contribution in [2.24, 2.45) is 0 Å². The molecule has 0 aromatic heterocycles. The molecule has 0 unspecified atom stereocenters. The van der Waals surface area contributed by atoms with Gasteiger partial charge < -0.3 is 4.90 Å². The van der Waals surface area contributed by atoms with E-state index >= 15 is 0 Å². The summed E-state index contributed by atoms with van der Waals surface area (Å²) in [5, 5.41) is 1.27.